The number of halogens is 1. The fourth-order valence-corrected chi connectivity index (χ4v) is 3.05. The third-order valence-corrected chi connectivity index (χ3v) is 4.55. The van der Waals surface area contributed by atoms with E-state index in [2.05, 4.69) is 0 Å². The number of amides is 1. The van der Waals surface area contributed by atoms with Crippen molar-refractivity contribution < 1.29 is 28.3 Å². The molecule has 0 aliphatic carbocycles. The molecular formula is C19H19FN2O6. The Morgan fingerprint density at radius 1 is 1.14 bits per heavy atom. The monoisotopic (exact) mass is 390 g/mol. The van der Waals surface area contributed by atoms with E-state index in [1.165, 1.54) is 0 Å². The molecule has 148 valence electrons. The Labute approximate surface area is 160 Å². The van der Waals surface area contributed by atoms with Crippen LogP contribution in [0.3, 0.4) is 0 Å². The van der Waals surface area contributed by atoms with E-state index < -0.39 is 10.7 Å². The summed E-state index contributed by atoms with van der Waals surface area (Å²) in [6.07, 6.45) is 0.646. The van der Waals surface area contributed by atoms with Gasteiger partial charge < -0.3 is 19.1 Å². The number of rotatable bonds is 6. The summed E-state index contributed by atoms with van der Waals surface area (Å²) in [6.45, 7) is 0.505. The molecule has 0 radical (unpaired) electrons. The Hall–Kier alpha value is -3.36. The van der Waals surface area contributed by atoms with E-state index in [0.717, 1.165) is 29.3 Å². The van der Waals surface area contributed by atoms with Crippen molar-refractivity contribution in [1.29, 1.82) is 0 Å². The van der Waals surface area contributed by atoms with Crippen molar-refractivity contribution in [1.82, 2.24) is 4.90 Å². The molecule has 0 N–H and O–H groups in total. The van der Waals surface area contributed by atoms with Gasteiger partial charge in [-0.25, -0.2) is 4.39 Å². The molecule has 2 aromatic rings. The van der Waals surface area contributed by atoms with Gasteiger partial charge in [-0.15, -0.1) is 0 Å². The lowest BCUT2D eigenvalue weighted by molar-refractivity contribution is -0.385. The zero-order chi connectivity index (χ0) is 20.3. The van der Waals surface area contributed by atoms with E-state index in [4.69, 9.17) is 14.2 Å². The maximum atomic E-state index is 13.9. The first-order valence-electron chi connectivity index (χ1n) is 8.51. The first-order valence-corrected chi connectivity index (χ1v) is 8.51. The van der Waals surface area contributed by atoms with Gasteiger partial charge in [0.15, 0.2) is 29.7 Å². The number of carbonyl (C=O) groups excluding carboxylic acids is 1. The molecule has 1 aliphatic heterocycles. The van der Waals surface area contributed by atoms with Gasteiger partial charge in [0.2, 0.25) is 0 Å². The van der Waals surface area contributed by atoms with E-state index in [1.807, 2.05) is 12.1 Å². The third kappa shape index (κ3) is 3.98. The van der Waals surface area contributed by atoms with Gasteiger partial charge in [-0.2, -0.15) is 0 Å². The second-order valence-corrected chi connectivity index (χ2v) is 6.20. The molecule has 2 aromatic carbocycles. The lowest BCUT2D eigenvalue weighted by Crippen LogP contribution is -2.38. The van der Waals surface area contributed by atoms with E-state index in [9.17, 15) is 19.3 Å². The normalized spacial score (nSPS) is 12.9. The number of hydrogen-bond acceptors (Lipinski definition) is 6. The van der Waals surface area contributed by atoms with Crippen molar-refractivity contribution in [3.05, 3.63) is 57.4 Å². The Morgan fingerprint density at radius 3 is 2.43 bits per heavy atom. The second-order valence-electron chi connectivity index (χ2n) is 6.20. The number of benzene rings is 2. The molecule has 1 aliphatic rings. The predicted octanol–water partition coefficient (Wildman–Crippen LogP) is 2.71. The fourth-order valence-electron chi connectivity index (χ4n) is 3.05. The quantitative estimate of drug-likeness (QED) is 0.556. The van der Waals surface area contributed by atoms with Crippen molar-refractivity contribution in [3.8, 4) is 17.2 Å². The van der Waals surface area contributed by atoms with E-state index in [1.54, 1.807) is 19.1 Å². The van der Waals surface area contributed by atoms with Crippen LogP contribution in [0.5, 0.6) is 17.2 Å². The first-order chi connectivity index (χ1) is 13.4. The highest BCUT2D eigenvalue weighted by atomic mass is 19.1. The minimum atomic E-state index is -0.886. The van der Waals surface area contributed by atoms with Crippen LogP contribution < -0.4 is 14.2 Å². The molecule has 0 fully saturated rings. The zero-order valence-corrected chi connectivity index (χ0v) is 15.4. The molecule has 0 bridgehead atoms. The number of nitro groups is 1. The highest BCUT2D eigenvalue weighted by Crippen LogP contribution is 2.33. The van der Waals surface area contributed by atoms with Crippen LogP contribution in [-0.4, -0.2) is 43.1 Å². The van der Waals surface area contributed by atoms with Crippen molar-refractivity contribution in [2.24, 2.45) is 0 Å². The van der Waals surface area contributed by atoms with Crippen molar-refractivity contribution in [2.75, 3.05) is 27.4 Å². The van der Waals surface area contributed by atoms with Gasteiger partial charge in [0, 0.05) is 19.2 Å². The van der Waals surface area contributed by atoms with E-state index in [-0.39, 0.29) is 24.0 Å². The van der Waals surface area contributed by atoms with Crippen molar-refractivity contribution in [3.63, 3.8) is 0 Å². The summed E-state index contributed by atoms with van der Waals surface area (Å²) in [5.41, 5.74) is 1.64. The molecule has 0 atom stereocenters. The number of carbonyl (C=O) groups is 1. The minimum Gasteiger partial charge on any atom is -0.493 e. The summed E-state index contributed by atoms with van der Waals surface area (Å²) in [5.74, 6) is -0.179. The molecule has 0 saturated heterocycles. The largest absolute Gasteiger partial charge is 0.493 e. The van der Waals surface area contributed by atoms with Crippen LogP contribution in [0.4, 0.5) is 10.1 Å². The van der Waals surface area contributed by atoms with Crippen LogP contribution in [0, 0.1) is 15.9 Å². The van der Waals surface area contributed by atoms with Gasteiger partial charge in [0.05, 0.1) is 25.2 Å². The molecule has 1 heterocycles. The van der Waals surface area contributed by atoms with Gasteiger partial charge in [-0.05, 0) is 35.7 Å². The lowest BCUT2D eigenvalue weighted by Gasteiger charge is -2.29. The molecule has 0 saturated carbocycles. The summed E-state index contributed by atoms with van der Waals surface area (Å²) >= 11 is 0. The van der Waals surface area contributed by atoms with Crippen LogP contribution in [-0.2, 0) is 17.8 Å². The van der Waals surface area contributed by atoms with Gasteiger partial charge in [-0.3, -0.25) is 14.9 Å². The molecule has 0 unspecified atom stereocenters. The second kappa shape index (κ2) is 8.12. The van der Waals surface area contributed by atoms with Crippen LogP contribution in [0.15, 0.2) is 30.3 Å². The zero-order valence-electron chi connectivity index (χ0n) is 15.4. The average Bonchev–Trinajstić information content (AvgIpc) is 2.70. The summed E-state index contributed by atoms with van der Waals surface area (Å²) in [4.78, 5) is 24.0. The Bertz CT molecular complexity index is 918. The molecule has 8 nitrogen and oxygen atoms in total. The number of ether oxygens (including phenoxy) is 3. The summed E-state index contributed by atoms with van der Waals surface area (Å²) in [6, 6.07) is 6.77. The topological polar surface area (TPSA) is 91.1 Å². The Balaban J connectivity index is 1.66. The number of hydrogen-bond donors (Lipinski definition) is 0. The number of fused-ring (bicyclic) bond motifs is 1. The summed E-state index contributed by atoms with van der Waals surface area (Å²) in [7, 11) is 3.11. The highest BCUT2D eigenvalue weighted by Gasteiger charge is 2.23. The van der Waals surface area contributed by atoms with Gasteiger partial charge >= 0.3 is 0 Å². The maximum absolute atomic E-state index is 13.9. The van der Waals surface area contributed by atoms with Crippen LogP contribution in [0.2, 0.25) is 0 Å². The van der Waals surface area contributed by atoms with Crippen LogP contribution in [0.1, 0.15) is 11.1 Å². The summed E-state index contributed by atoms with van der Waals surface area (Å²) in [5, 5.41) is 10.6. The first kappa shape index (κ1) is 19.4. The lowest BCUT2D eigenvalue weighted by atomic mass is 9.99. The molecule has 28 heavy (non-hydrogen) atoms. The third-order valence-electron chi connectivity index (χ3n) is 4.55. The van der Waals surface area contributed by atoms with Crippen molar-refractivity contribution >= 4 is 11.6 Å². The smallest absolute Gasteiger partial charge is 0.272 e. The number of non-ortho nitro benzene ring substituents is 1. The van der Waals surface area contributed by atoms with Gasteiger partial charge in [0.1, 0.15) is 0 Å². The van der Waals surface area contributed by atoms with Crippen molar-refractivity contribution in [2.45, 2.75) is 13.0 Å². The SMILES string of the molecule is COc1cc2c(cc1OC)CN(C(=O)COc1ccc([N+](=O)[O-])cc1F)CC2. The molecule has 3 rings (SSSR count). The summed E-state index contributed by atoms with van der Waals surface area (Å²) < 4.78 is 29.7. The number of nitro benzene ring substituents is 1. The van der Waals surface area contributed by atoms with E-state index in [0.29, 0.717) is 31.0 Å². The minimum absolute atomic E-state index is 0.206. The van der Waals surface area contributed by atoms with E-state index >= 15 is 0 Å². The molecule has 1 amide bonds. The standard InChI is InChI=1S/C19H19FN2O6/c1-26-17-7-12-5-6-21(10-13(12)8-18(17)27-2)19(23)11-28-16-4-3-14(22(24)25)9-15(16)20/h3-4,7-9H,5-6,10-11H2,1-2H3. The Morgan fingerprint density at radius 2 is 1.82 bits per heavy atom. The fraction of sp³-hybridized carbons (Fsp3) is 0.316. The number of methoxy groups -OCH3 is 2. The highest BCUT2D eigenvalue weighted by molar-refractivity contribution is 5.78. The molecular weight excluding hydrogens is 371 g/mol. The van der Waals surface area contributed by atoms with Gasteiger partial charge in [-0.1, -0.05) is 0 Å². The molecule has 0 spiro atoms. The average molecular weight is 390 g/mol. The van der Waals surface area contributed by atoms with Crippen LogP contribution >= 0.6 is 0 Å². The Kier molecular flexibility index (Phi) is 5.62. The van der Waals surface area contributed by atoms with Gasteiger partial charge in [0.25, 0.3) is 11.6 Å². The molecule has 9 heteroatoms. The maximum Gasteiger partial charge on any atom is 0.272 e. The number of nitrogens with zero attached hydrogens (tertiary/aromatic N) is 2. The molecule has 0 aromatic heterocycles. The van der Waals surface area contributed by atoms with Crippen LogP contribution in [0.25, 0.3) is 0 Å². The predicted molar refractivity (Wildman–Crippen MR) is 97.2 cm³/mol.